The summed E-state index contributed by atoms with van der Waals surface area (Å²) in [6.07, 6.45) is 0. The smallest absolute Gasteiger partial charge is 0.164 e. The number of hydrogen-bond acceptors (Lipinski definition) is 3. The molecule has 272 valence electrons. The summed E-state index contributed by atoms with van der Waals surface area (Å²) >= 11 is 0. The first-order chi connectivity index (χ1) is 28.7. The molecule has 0 spiro atoms. The highest BCUT2D eigenvalue weighted by molar-refractivity contribution is 6.09. The first kappa shape index (κ1) is 33.8. The Hall–Kier alpha value is -7.49. The number of aromatic nitrogens is 3. The highest BCUT2D eigenvalue weighted by Crippen LogP contribution is 2.55. The van der Waals surface area contributed by atoms with Crippen molar-refractivity contribution in [3.8, 4) is 67.5 Å². The van der Waals surface area contributed by atoms with Crippen molar-refractivity contribution in [2.45, 2.75) is 12.3 Å². The monoisotopic (exact) mass is 739 g/mol. The zero-order valence-corrected chi connectivity index (χ0v) is 32.0. The number of benzene rings is 9. The van der Waals surface area contributed by atoms with Crippen molar-refractivity contribution in [2.24, 2.45) is 0 Å². The van der Waals surface area contributed by atoms with Crippen LogP contribution in [0.3, 0.4) is 0 Å². The van der Waals surface area contributed by atoms with E-state index < -0.39 is 0 Å². The maximum absolute atomic E-state index is 5.35. The van der Waals surface area contributed by atoms with E-state index in [0.29, 0.717) is 17.5 Å². The van der Waals surface area contributed by atoms with E-state index in [0.717, 1.165) is 49.4 Å². The van der Waals surface area contributed by atoms with Crippen LogP contribution >= 0.6 is 0 Å². The van der Waals surface area contributed by atoms with E-state index in [9.17, 15) is 0 Å². The van der Waals surface area contributed by atoms with Crippen molar-refractivity contribution in [1.82, 2.24) is 15.0 Å². The van der Waals surface area contributed by atoms with Crippen LogP contribution in [0.5, 0.6) is 0 Å². The zero-order chi connectivity index (χ0) is 38.6. The maximum atomic E-state index is 5.35. The summed E-state index contributed by atoms with van der Waals surface area (Å²) in [5.74, 6) is 1.92. The van der Waals surface area contributed by atoms with Gasteiger partial charge in [-0.1, -0.05) is 200 Å². The Bertz CT molecular complexity index is 3170. The lowest BCUT2D eigenvalue weighted by Crippen LogP contribution is -2.22. The Balaban J connectivity index is 1.13. The first-order valence-corrected chi connectivity index (χ1v) is 19.9. The summed E-state index contributed by atoms with van der Waals surface area (Å²) < 4.78 is 0. The predicted molar refractivity (Wildman–Crippen MR) is 239 cm³/mol. The first-order valence-electron chi connectivity index (χ1n) is 19.9. The molecule has 58 heavy (non-hydrogen) atoms. The molecule has 1 aliphatic carbocycles. The molecular formula is C55H37N3. The van der Waals surface area contributed by atoms with Crippen LogP contribution in [-0.4, -0.2) is 15.0 Å². The topological polar surface area (TPSA) is 38.7 Å². The number of nitrogens with zero attached hydrogens (tertiary/aromatic N) is 3. The van der Waals surface area contributed by atoms with E-state index >= 15 is 0 Å². The Morgan fingerprint density at radius 1 is 0.328 bits per heavy atom. The molecule has 1 aromatic heterocycles. The fourth-order valence-corrected chi connectivity index (χ4v) is 9.30. The molecule has 1 heterocycles. The lowest BCUT2D eigenvalue weighted by atomic mass is 9.74. The molecule has 1 aliphatic rings. The molecule has 0 N–H and O–H groups in total. The van der Waals surface area contributed by atoms with Crippen molar-refractivity contribution in [2.75, 3.05) is 0 Å². The SMILES string of the molecule is CC1(c2ccccc2)c2ccccc2-c2c(-c3ccc(-c4nc(-c5ccccc5)nc(-c5cccc6cccc(-c7ccccc7)c56)n4)c4ccccc34)cccc21. The van der Waals surface area contributed by atoms with Gasteiger partial charge < -0.3 is 0 Å². The quantitative estimate of drug-likeness (QED) is 0.170. The molecule has 3 nitrogen and oxygen atoms in total. The molecule has 0 fully saturated rings. The van der Waals surface area contributed by atoms with Gasteiger partial charge in [-0.25, -0.2) is 15.0 Å². The van der Waals surface area contributed by atoms with Crippen molar-refractivity contribution in [1.29, 1.82) is 0 Å². The van der Waals surface area contributed by atoms with Crippen LogP contribution in [0.1, 0.15) is 23.6 Å². The summed E-state index contributed by atoms with van der Waals surface area (Å²) in [6, 6.07) is 73.5. The van der Waals surface area contributed by atoms with Gasteiger partial charge in [0.1, 0.15) is 0 Å². The Morgan fingerprint density at radius 2 is 0.828 bits per heavy atom. The summed E-state index contributed by atoms with van der Waals surface area (Å²) in [5.41, 5.74) is 13.8. The van der Waals surface area contributed by atoms with Crippen LogP contribution in [0.25, 0.3) is 89.1 Å². The molecule has 3 heteroatoms. The Morgan fingerprint density at radius 3 is 1.57 bits per heavy atom. The second kappa shape index (κ2) is 13.6. The average molecular weight is 740 g/mol. The van der Waals surface area contributed by atoms with Gasteiger partial charge in [-0.05, 0) is 79.2 Å². The Kier molecular flexibility index (Phi) is 7.94. The summed E-state index contributed by atoms with van der Waals surface area (Å²) in [4.78, 5) is 15.8. The lowest BCUT2D eigenvalue weighted by molar-refractivity contribution is 0.714. The van der Waals surface area contributed by atoms with E-state index in [1.165, 1.54) is 38.9 Å². The highest BCUT2D eigenvalue weighted by atomic mass is 15.0. The van der Waals surface area contributed by atoms with Crippen LogP contribution in [0.4, 0.5) is 0 Å². The van der Waals surface area contributed by atoms with Gasteiger partial charge in [0, 0.05) is 27.5 Å². The number of hydrogen-bond donors (Lipinski definition) is 0. The molecule has 0 amide bonds. The van der Waals surface area contributed by atoms with Gasteiger partial charge in [-0.2, -0.15) is 0 Å². The van der Waals surface area contributed by atoms with Crippen molar-refractivity contribution >= 4 is 21.5 Å². The molecule has 0 bridgehead atoms. The molecule has 0 saturated carbocycles. The van der Waals surface area contributed by atoms with Crippen molar-refractivity contribution in [3.05, 3.63) is 223 Å². The Labute approximate surface area is 338 Å². The van der Waals surface area contributed by atoms with E-state index in [4.69, 9.17) is 15.0 Å². The predicted octanol–water partition coefficient (Wildman–Crippen LogP) is 13.8. The number of rotatable bonds is 6. The summed E-state index contributed by atoms with van der Waals surface area (Å²) in [6.45, 7) is 2.37. The van der Waals surface area contributed by atoms with Gasteiger partial charge in [-0.3, -0.25) is 0 Å². The largest absolute Gasteiger partial charge is 0.208 e. The lowest BCUT2D eigenvalue weighted by Gasteiger charge is -2.28. The number of fused-ring (bicyclic) bond motifs is 5. The van der Waals surface area contributed by atoms with Gasteiger partial charge in [0.25, 0.3) is 0 Å². The van der Waals surface area contributed by atoms with Crippen molar-refractivity contribution in [3.63, 3.8) is 0 Å². The third-order valence-corrected chi connectivity index (χ3v) is 12.0. The fraction of sp³-hybridized carbons (Fsp3) is 0.0364. The van der Waals surface area contributed by atoms with E-state index in [1.54, 1.807) is 0 Å². The van der Waals surface area contributed by atoms with Crippen molar-refractivity contribution < 1.29 is 0 Å². The van der Waals surface area contributed by atoms with Crippen LogP contribution < -0.4 is 0 Å². The van der Waals surface area contributed by atoms with Crippen LogP contribution in [0.15, 0.2) is 206 Å². The van der Waals surface area contributed by atoms with Gasteiger partial charge in [-0.15, -0.1) is 0 Å². The van der Waals surface area contributed by atoms with Gasteiger partial charge in [0.15, 0.2) is 17.5 Å². The fourth-order valence-electron chi connectivity index (χ4n) is 9.30. The minimum Gasteiger partial charge on any atom is -0.208 e. The average Bonchev–Trinajstić information content (AvgIpc) is 3.57. The zero-order valence-electron chi connectivity index (χ0n) is 32.0. The molecular weight excluding hydrogens is 703 g/mol. The van der Waals surface area contributed by atoms with Gasteiger partial charge >= 0.3 is 0 Å². The third-order valence-electron chi connectivity index (χ3n) is 12.0. The van der Waals surface area contributed by atoms with Gasteiger partial charge in [0.2, 0.25) is 0 Å². The molecule has 1 unspecified atom stereocenters. The standard InChI is InChI=1S/C55H37N3/c1-55(39-24-9-4-10-25-39)48-32-14-13-28-46(48)51-44(30-17-33-49(51)55)43-34-35-45(42-27-12-11-26-41(42)43)53-56-52(38-20-7-3-8-21-38)57-54(58-53)47-31-16-23-37-22-15-29-40(50(37)47)36-18-5-2-6-19-36/h2-35H,1H3. The highest BCUT2D eigenvalue weighted by Gasteiger charge is 2.41. The maximum Gasteiger partial charge on any atom is 0.164 e. The second-order valence-corrected chi connectivity index (χ2v) is 15.2. The van der Waals surface area contributed by atoms with E-state index in [-0.39, 0.29) is 5.41 Å². The minimum atomic E-state index is -0.282. The third kappa shape index (κ3) is 5.32. The molecule has 0 radical (unpaired) electrons. The normalized spacial score (nSPS) is 14.4. The van der Waals surface area contributed by atoms with Crippen LogP contribution in [0.2, 0.25) is 0 Å². The second-order valence-electron chi connectivity index (χ2n) is 15.2. The van der Waals surface area contributed by atoms with Crippen LogP contribution in [0, 0.1) is 0 Å². The minimum absolute atomic E-state index is 0.282. The molecule has 10 aromatic rings. The van der Waals surface area contributed by atoms with E-state index in [1.807, 2.05) is 18.2 Å². The molecule has 9 aromatic carbocycles. The molecule has 0 saturated heterocycles. The van der Waals surface area contributed by atoms with E-state index in [2.05, 4.69) is 195 Å². The summed E-state index contributed by atoms with van der Waals surface area (Å²) in [5, 5.41) is 4.50. The molecule has 0 aliphatic heterocycles. The molecule has 11 rings (SSSR count). The summed E-state index contributed by atoms with van der Waals surface area (Å²) in [7, 11) is 0. The van der Waals surface area contributed by atoms with Crippen LogP contribution in [-0.2, 0) is 5.41 Å². The van der Waals surface area contributed by atoms with Gasteiger partial charge in [0.05, 0.1) is 0 Å². The molecule has 1 atom stereocenters.